The summed E-state index contributed by atoms with van der Waals surface area (Å²) in [6.45, 7) is 0.0934. The third kappa shape index (κ3) is 4.09. The van der Waals surface area contributed by atoms with Crippen molar-refractivity contribution in [2.24, 2.45) is 5.73 Å². The van der Waals surface area contributed by atoms with Gasteiger partial charge in [-0.05, 0) is 23.8 Å². The number of carbonyl (C=O) groups excluding carboxylic acids is 2. The average Bonchev–Trinajstić information content (AvgIpc) is 3.05. The van der Waals surface area contributed by atoms with Crippen molar-refractivity contribution >= 4 is 22.7 Å². The van der Waals surface area contributed by atoms with Crippen molar-refractivity contribution in [3.63, 3.8) is 0 Å². The van der Waals surface area contributed by atoms with Crippen molar-refractivity contribution in [3.8, 4) is 5.75 Å². The number of fused-ring (bicyclic) bond motifs is 1. The number of aliphatic hydroxyl groups excluding tert-OH is 1. The fraction of sp³-hybridized carbons (Fsp3) is 0.200. The lowest BCUT2D eigenvalue weighted by Crippen LogP contribution is -2.31. The first kappa shape index (κ1) is 18.5. The zero-order valence-corrected chi connectivity index (χ0v) is 14.9. The van der Waals surface area contributed by atoms with E-state index >= 15 is 0 Å². The zero-order valence-electron chi connectivity index (χ0n) is 14.9. The number of para-hydroxylation sites is 1. The van der Waals surface area contributed by atoms with Gasteiger partial charge >= 0.3 is 0 Å². The monoisotopic (exact) mass is 367 g/mol. The van der Waals surface area contributed by atoms with Crippen LogP contribution in [-0.4, -0.2) is 35.1 Å². The summed E-state index contributed by atoms with van der Waals surface area (Å²) in [6.07, 6.45) is 0.745. The molecule has 0 aliphatic rings. The van der Waals surface area contributed by atoms with Gasteiger partial charge in [0.2, 0.25) is 5.91 Å². The van der Waals surface area contributed by atoms with E-state index in [4.69, 9.17) is 10.5 Å². The van der Waals surface area contributed by atoms with E-state index < -0.39 is 12.0 Å². The minimum absolute atomic E-state index is 0.0170. The van der Waals surface area contributed by atoms with Gasteiger partial charge in [-0.3, -0.25) is 9.59 Å². The normalized spacial score (nSPS) is 11.9. The molecule has 4 N–H and O–H groups in total. The molecule has 27 heavy (non-hydrogen) atoms. The third-order valence-corrected chi connectivity index (χ3v) is 4.36. The number of carbonyl (C=O) groups is 2. The third-order valence-electron chi connectivity index (χ3n) is 4.36. The largest absolute Gasteiger partial charge is 0.497 e. The van der Waals surface area contributed by atoms with Crippen LogP contribution in [0.4, 0.5) is 0 Å². The van der Waals surface area contributed by atoms with Gasteiger partial charge in [0.05, 0.1) is 18.8 Å². The standard InChI is InChI=1S/C20H21N3O4/c1-27-14-8-6-13(7-9-14)18(24)10-22-19(25)12-23-11-16(20(21)26)15-4-2-3-5-17(15)23/h2-9,11,18,24H,10,12H2,1H3,(H2,21,26)(H,22,25). The molecule has 3 aromatic rings. The molecule has 7 heteroatoms. The highest BCUT2D eigenvalue weighted by molar-refractivity contribution is 6.06. The van der Waals surface area contributed by atoms with Gasteiger partial charge in [-0.2, -0.15) is 0 Å². The number of hydrogen-bond acceptors (Lipinski definition) is 4. The van der Waals surface area contributed by atoms with Gasteiger partial charge in [0.15, 0.2) is 0 Å². The van der Waals surface area contributed by atoms with Crippen LogP contribution in [-0.2, 0) is 11.3 Å². The maximum atomic E-state index is 12.3. The summed E-state index contributed by atoms with van der Waals surface area (Å²) in [5, 5.41) is 13.6. The number of hydrogen-bond donors (Lipinski definition) is 3. The number of benzene rings is 2. The summed E-state index contributed by atoms with van der Waals surface area (Å²) in [6, 6.07) is 14.2. The minimum Gasteiger partial charge on any atom is -0.497 e. The number of nitrogens with one attached hydrogen (secondary N) is 1. The molecule has 0 saturated carbocycles. The van der Waals surface area contributed by atoms with Crippen LogP contribution in [0.5, 0.6) is 5.75 Å². The SMILES string of the molecule is COc1ccc(C(O)CNC(=O)Cn2cc(C(N)=O)c3ccccc32)cc1. The van der Waals surface area contributed by atoms with Crippen LogP contribution in [0.25, 0.3) is 10.9 Å². The molecule has 0 radical (unpaired) electrons. The highest BCUT2D eigenvalue weighted by Crippen LogP contribution is 2.21. The number of nitrogens with two attached hydrogens (primary N) is 1. The van der Waals surface area contributed by atoms with E-state index in [0.29, 0.717) is 22.3 Å². The Hall–Kier alpha value is -3.32. The Morgan fingerprint density at radius 3 is 2.56 bits per heavy atom. The van der Waals surface area contributed by atoms with E-state index in [0.717, 1.165) is 5.52 Å². The van der Waals surface area contributed by atoms with Crippen LogP contribution in [0.3, 0.4) is 0 Å². The Morgan fingerprint density at radius 2 is 1.89 bits per heavy atom. The zero-order chi connectivity index (χ0) is 19.4. The Labute approximate surface area is 156 Å². The number of aliphatic hydroxyl groups is 1. The van der Waals surface area contributed by atoms with Gasteiger partial charge < -0.3 is 25.5 Å². The van der Waals surface area contributed by atoms with Gasteiger partial charge in [-0.25, -0.2) is 0 Å². The molecule has 7 nitrogen and oxygen atoms in total. The van der Waals surface area contributed by atoms with Gasteiger partial charge in [-0.1, -0.05) is 30.3 Å². The number of amides is 2. The fourth-order valence-electron chi connectivity index (χ4n) is 2.94. The molecule has 0 saturated heterocycles. The second-order valence-electron chi connectivity index (χ2n) is 6.15. The summed E-state index contributed by atoms with van der Waals surface area (Å²) in [4.78, 5) is 23.9. The number of ether oxygens (including phenoxy) is 1. The Morgan fingerprint density at radius 1 is 1.19 bits per heavy atom. The molecular weight excluding hydrogens is 346 g/mol. The highest BCUT2D eigenvalue weighted by atomic mass is 16.5. The number of rotatable bonds is 7. The molecule has 1 atom stereocenters. The molecule has 2 aromatic carbocycles. The second kappa shape index (κ2) is 7.92. The first-order valence-electron chi connectivity index (χ1n) is 8.46. The molecule has 0 fully saturated rings. The molecule has 0 spiro atoms. The molecule has 0 aliphatic carbocycles. The van der Waals surface area contributed by atoms with Gasteiger partial charge in [-0.15, -0.1) is 0 Å². The van der Waals surface area contributed by atoms with E-state index in [1.807, 2.05) is 18.2 Å². The van der Waals surface area contributed by atoms with E-state index in [1.165, 1.54) is 0 Å². The second-order valence-corrected chi connectivity index (χ2v) is 6.15. The summed E-state index contributed by atoms with van der Waals surface area (Å²) in [5.74, 6) is -0.126. The molecular formula is C20H21N3O4. The van der Waals surface area contributed by atoms with E-state index in [-0.39, 0.29) is 19.0 Å². The molecule has 140 valence electrons. The average molecular weight is 367 g/mol. The molecule has 0 aliphatic heterocycles. The lowest BCUT2D eigenvalue weighted by Gasteiger charge is -2.13. The van der Waals surface area contributed by atoms with Gasteiger partial charge in [0.1, 0.15) is 12.3 Å². The van der Waals surface area contributed by atoms with Crippen LogP contribution in [0, 0.1) is 0 Å². The van der Waals surface area contributed by atoms with Crippen LogP contribution in [0.1, 0.15) is 22.0 Å². The van der Waals surface area contributed by atoms with Crippen molar-refractivity contribution in [2.45, 2.75) is 12.6 Å². The Kier molecular flexibility index (Phi) is 5.42. The lowest BCUT2D eigenvalue weighted by molar-refractivity contribution is -0.122. The number of aromatic nitrogens is 1. The lowest BCUT2D eigenvalue weighted by atomic mass is 10.1. The molecule has 1 heterocycles. The van der Waals surface area contributed by atoms with Crippen molar-refractivity contribution in [1.29, 1.82) is 0 Å². The quantitative estimate of drug-likeness (QED) is 0.590. The van der Waals surface area contributed by atoms with Crippen LogP contribution < -0.4 is 15.8 Å². The van der Waals surface area contributed by atoms with Crippen LogP contribution in [0.15, 0.2) is 54.7 Å². The summed E-state index contributed by atoms with van der Waals surface area (Å²) >= 11 is 0. The first-order chi connectivity index (χ1) is 13.0. The predicted octanol–water partition coefficient (Wildman–Crippen LogP) is 1.60. The van der Waals surface area contributed by atoms with Crippen LogP contribution >= 0.6 is 0 Å². The molecule has 1 aromatic heterocycles. The van der Waals surface area contributed by atoms with E-state index in [9.17, 15) is 14.7 Å². The molecule has 1 unspecified atom stereocenters. The van der Waals surface area contributed by atoms with Gasteiger partial charge in [0, 0.05) is 23.6 Å². The molecule has 3 rings (SSSR count). The minimum atomic E-state index is -0.831. The molecule has 0 bridgehead atoms. The fourth-order valence-corrected chi connectivity index (χ4v) is 2.94. The Bertz CT molecular complexity index is 963. The van der Waals surface area contributed by atoms with Crippen LogP contribution in [0.2, 0.25) is 0 Å². The Balaban J connectivity index is 1.65. The topological polar surface area (TPSA) is 107 Å². The van der Waals surface area contributed by atoms with Crippen molar-refractivity contribution in [2.75, 3.05) is 13.7 Å². The predicted molar refractivity (Wildman–Crippen MR) is 101 cm³/mol. The van der Waals surface area contributed by atoms with Crippen molar-refractivity contribution < 1.29 is 19.4 Å². The number of primary amides is 1. The van der Waals surface area contributed by atoms with Gasteiger partial charge in [0.25, 0.3) is 5.91 Å². The molecule has 2 amide bonds. The summed E-state index contributed by atoms with van der Waals surface area (Å²) in [5.41, 5.74) is 7.21. The van der Waals surface area contributed by atoms with Crippen molar-refractivity contribution in [1.82, 2.24) is 9.88 Å². The smallest absolute Gasteiger partial charge is 0.250 e. The summed E-state index contributed by atoms with van der Waals surface area (Å²) < 4.78 is 6.75. The maximum absolute atomic E-state index is 12.3. The van der Waals surface area contributed by atoms with Crippen molar-refractivity contribution in [3.05, 3.63) is 65.9 Å². The summed E-state index contributed by atoms with van der Waals surface area (Å²) in [7, 11) is 1.57. The van der Waals surface area contributed by atoms with E-state index in [1.54, 1.807) is 48.2 Å². The maximum Gasteiger partial charge on any atom is 0.250 e. The first-order valence-corrected chi connectivity index (χ1v) is 8.46. The highest BCUT2D eigenvalue weighted by Gasteiger charge is 2.15. The number of nitrogens with zero attached hydrogens (tertiary/aromatic N) is 1. The van der Waals surface area contributed by atoms with E-state index in [2.05, 4.69) is 5.32 Å². The number of methoxy groups -OCH3 is 1.